The van der Waals surface area contributed by atoms with Crippen molar-refractivity contribution in [3.8, 4) is 0 Å². The molecule has 30 heavy (non-hydrogen) atoms. The first-order valence-corrected chi connectivity index (χ1v) is 12.2. The van der Waals surface area contributed by atoms with E-state index in [0.717, 1.165) is 38.9 Å². The number of unbranched alkanes of at least 4 members (excludes halogenated alkanes) is 1. The van der Waals surface area contributed by atoms with Crippen LogP contribution in [0.2, 0.25) is 0 Å². The van der Waals surface area contributed by atoms with E-state index >= 15 is 0 Å². The van der Waals surface area contributed by atoms with Crippen LogP contribution >= 0.6 is 0 Å². The molecular weight excluding hydrogens is 404 g/mol. The topological polar surface area (TPSA) is 84.9 Å². The lowest BCUT2D eigenvalue weighted by Crippen LogP contribution is -2.52. The Morgan fingerprint density at radius 3 is 2.33 bits per heavy atom. The molecule has 1 aromatic rings. The highest BCUT2D eigenvalue weighted by Gasteiger charge is 2.35. The Hall–Kier alpha value is -1.64. The number of benzene rings is 1. The van der Waals surface area contributed by atoms with Crippen LogP contribution in [0.25, 0.3) is 0 Å². The number of piperidine rings is 1. The fourth-order valence-corrected chi connectivity index (χ4v) is 4.95. The number of nitrogens with zero attached hydrogens (tertiary/aromatic N) is 1. The fraction of sp³-hybridized carbons (Fsp3) is 0.682. The third-order valence-corrected chi connectivity index (χ3v) is 7.21. The van der Waals surface area contributed by atoms with Gasteiger partial charge in [-0.3, -0.25) is 0 Å². The quantitative estimate of drug-likeness (QED) is 0.594. The summed E-state index contributed by atoms with van der Waals surface area (Å²) in [6.45, 7) is 8.50. The van der Waals surface area contributed by atoms with Crippen molar-refractivity contribution in [1.29, 1.82) is 0 Å². The van der Waals surface area contributed by atoms with Crippen molar-refractivity contribution < 1.29 is 22.7 Å². The Labute approximate surface area is 181 Å². The monoisotopic (exact) mass is 440 g/mol. The number of rotatable bonds is 9. The Bertz CT molecular complexity index is 766. The van der Waals surface area contributed by atoms with Gasteiger partial charge in [-0.25, -0.2) is 13.2 Å². The highest BCUT2D eigenvalue weighted by molar-refractivity contribution is 7.91. The van der Waals surface area contributed by atoms with Gasteiger partial charge in [-0.05, 0) is 65.1 Å². The summed E-state index contributed by atoms with van der Waals surface area (Å²) in [6.07, 6.45) is 2.66. The summed E-state index contributed by atoms with van der Waals surface area (Å²) in [5.74, 6) is 0.173. The summed E-state index contributed by atoms with van der Waals surface area (Å²) in [5.41, 5.74) is -0.911. The van der Waals surface area contributed by atoms with Gasteiger partial charge in [0.25, 0.3) is 0 Å². The average molecular weight is 441 g/mol. The number of nitrogens with one attached hydrogen (secondary N) is 1. The first-order chi connectivity index (χ1) is 14.1. The predicted octanol–water partition coefficient (Wildman–Crippen LogP) is 3.25. The Morgan fingerprint density at radius 2 is 1.77 bits per heavy atom. The molecular formula is C22H36N2O5S. The molecule has 0 aliphatic carbocycles. The van der Waals surface area contributed by atoms with E-state index in [2.05, 4.69) is 10.2 Å². The molecule has 0 aromatic heterocycles. The lowest BCUT2D eigenvalue weighted by atomic mass is 9.91. The van der Waals surface area contributed by atoms with E-state index in [-0.39, 0.29) is 11.4 Å². The largest absolute Gasteiger partial charge is 0.444 e. The number of carbonyl (C=O) groups excluding carboxylic acids is 1. The van der Waals surface area contributed by atoms with E-state index < -0.39 is 21.5 Å². The second-order valence-corrected chi connectivity index (χ2v) is 11.0. The van der Waals surface area contributed by atoms with Crippen molar-refractivity contribution in [3.05, 3.63) is 30.3 Å². The fourth-order valence-electron chi connectivity index (χ4n) is 3.56. The van der Waals surface area contributed by atoms with Crippen LogP contribution in [0.1, 0.15) is 46.5 Å². The summed E-state index contributed by atoms with van der Waals surface area (Å²) in [7, 11) is -1.52. The van der Waals surface area contributed by atoms with Crippen molar-refractivity contribution in [1.82, 2.24) is 10.2 Å². The molecule has 1 amide bonds. The van der Waals surface area contributed by atoms with Crippen LogP contribution < -0.4 is 5.32 Å². The van der Waals surface area contributed by atoms with Gasteiger partial charge in [0.2, 0.25) is 0 Å². The van der Waals surface area contributed by atoms with Gasteiger partial charge >= 0.3 is 6.09 Å². The van der Waals surface area contributed by atoms with E-state index in [0.29, 0.717) is 17.9 Å². The van der Waals surface area contributed by atoms with Crippen LogP contribution in [0.4, 0.5) is 4.79 Å². The van der Waals surface area contributed by atoms with E-state index in [9.17, 15) is 13.2 Å². The number of carbonyl (C=O) groups is 1. The lowest BCUT2D eigenvalue weighted by molar-refractivity contribution is -0.0563. The standard InChI is InChI=1S/C22H36N2O5S/c1-21(2,3)29-20(25)23-18-22(28-4)12-15-24(16-13-22)14-8-9-17-30(26,27)19-10-6-5-7-11-19/h5-7,10-11H,8-9,12-18H2,1-4H3,(H,23,25). The van der Waals surface area contributed by atoms with Crippen LogP contribution in [0.5, 0.6) is 0 Å². The third-order valence-electron chi connectivity index (χ3n) is 5.39. The van der Waals surface area contributed by atoms with Gasteiger partial charge in [0.1, 0.15) is 5.60 Å². The SMILES string of the molecule is COC1(CNC(=O)OC(C)(C)C)CCN(CCCCS(=O)(=O)c2ccccc2)CC1. The van der Waals surface area contributed by atoms with E-state index in [1.165, 1.54) is 0 Å². The van der Waals surface area contributed by atoms with Gasteiger partial charge in [0.05, 0.1) is 16.2 Å². The van der Waals surface area contributed by atoms with Crippen molar-refractivity contribution in [2.45, 2.75) is 62.6 Å². The van der Waals surface area contributed by atoms with Crippen LogP contribution in [0.15, 0.2) is 35.2 Å². The number of hydrogen-bond acceptors (Lipinski definition) is 6. The molecule has 0 unspecified atom stereocenters. The van der Waals surface area contributed by atoms with Crippen LogP contribution in [0, 0.1) is 0 Å². The van der Waals surface area contributed by atoms with Gasteiger partial charge in [-0.2, -0.15) is 0 Å². The zero-order chi connectivity index (χ0) is 22.3. The summed E-state index contributed by atoms with van der Waals surface area (Å²) < 4.78 is 35.7. The summed E-state index contributed by atoms with van der Waals surface area (Å²) in [5, 5.41) is 2.83. The molecule has 0 atom stereocenters. The molecule has 1 N–H and O–H groups in total. The van der Waals surface area contributed by atoms with Gasteiger partial charge < -0.3 is 19.7 Å². The summed E-state index contributed by atoms with van der Waals surface area (Å²) in [6, 6.07) is 8.62. The molecule has 1 saturated heterocycles. The Kier molecular flexibility index (Phi) is 8.70. The molecule has 1 fully saturated rings. The predicted molar refractivity (Wildman–Crippen MR) is 117 cm³/mol. The molecule has 8 heteroatoms. The molecule has 1 aliphatic rings. The minimum atomic E-state index is -3.21. The minimum absolute atomic E-state index is 0.173. The molecule has 170 valence electrons. The second-order valence-electron chi connectivity index (χ2n) is 8.92. The maximum Gasteiger partial charge on any atom is 0.407 e. The highest BCUT2D eigenvalue weighted by Crippen LogP contribution is 2.25. The van der Waals surface area contributed by atoms with Crippen molar-refractivity contribution in [2.24, 2.45) is 0 Å². The zero-order valence-corrected chi connectivity index (χ0v) is 19.5. The smallest absolute Gasteiger partial charge is 0.407 e. The van der Waals surface area contributed by atoms with Gasteiger partial charge in [-0.1, -0.05) is 18.2 Å². The molecule has 0 bridgehead atoms. The summed E-state index contributed by atoms with van der Waals surface area (Å²) >= 11 is 0. The number of sulfone groups is 1. The number of likely N-dealkylation sites (tertiary alicyclic amines) is 1. The van der Waals surface area contributed by atoms with Gasteiger partial charge in [0.15, 0.2) is 9.84 Å². The molecule has 0 radical (unpaired) electrons. The number of amides is 1. The molecule has 2 rings (SSSR count). The Balaban J connectivity index is 1.71. The lowest BCUT2D eigenvalue weighted by Gasteiger charge is -2.41. The van der Waals surface area contributed by atoms with E-state index in [4.69, 9.17) is 9.47 Å². The van der Waals surface area contributed by atoms with Crippen molar-refractivity contribution >= 4 is 15.9 Å². The van der Waals surface area contributed by atoms with E-state index in [1.54, 1.807) is 31.4 Å². The van der Waals surface area contributed by atoms with Crippen molar-refractivity contribution in [3.63, 3.8) is 0 Å². The first-order valence-electron chi connectivity index (χ1n) is 10.6. The number of hydrogen-bond donors (Lipinski definition) is 1. The molecule has 1 heterocycles. The number of ether oxygens (including phenoxy) is 2. The third kappa shape index (κ3) is 7.89. The summed E-state index contributed by atoms with van der Waals surface area (Å²) in [4.78, 5) is 14.7. The average Bonchev–Trinajstić information content (AvgIpc) is 2.70. The molecule has 7 nitrogen and oxygen atoms in total. The number of alkyl carbamates (subject to hydrolysis) is 1. The Morgan fingerprint density at radius 1 is 1.13 bits per heavy atom. The molecule has 1 aromatic carbocycles. The van der Waals surface area contributed by atoms with Crippen molar-refractivity contribution in [2.75, 3.05) is 39.0 Å². The first kappa shape index (κ1) is 24.6. The maximum atomic E-state index is 12.3. The molecule has 0 saturated carbocycles. The second kappa shape index (κ2) is 10.6. The number of methoxy groups -OCH3 is 1. The zero-order valence-electron chi connectivity index (χ0n) is 18.6. The molecule has 0 spiro atoms. The maximum absolute atomic E-state index is 12.3. The van der Waals surface area contributed by atoms with Gasteiger partial charge in [0, 0.05) is 26.7 Å². The highest BCUT2D eigenvalue weighted by atomic mass is 32.2. The van der Waals surface area contributed by atoms with Crippen LogP contribution in [-0.4, -0.2) is 69.7 Å². The van der Waals surface area contributed by atoms with E-state index in [1.807, 2.05) is 26.8 Å². The minimum Gasteiger partial charge on any atom is -0.444 e. The normalized spacial score (nSPS) is 17.5. The van der Waals surface area contributed by atoms with Crippen LogP contribution in [0.3, 0.4) is 0 Å². The molecule has 1 aliphatic heterocycles. The van der Waals surface area contributed by atoms with Gasteiger partial charge in [-0.15, -0.1) is 0 Å². The van der Waals surface area contributed by atoms with Crippen LogP contribution in [-0.2, 0) is 19.3 Å².